The van der Waals surface area contributed by atoms with Crippen LogP contribution in [0.2, 0.25) is 0 Å². The summed E-state index contributed by atoms with van der Waals surface area (Å²) >= 11 is 0. The van der Waals surface area contributed by atoms with Gasteiger partial charge in [-0.1, -0.05) is 30.3 Å². The van der Waals surface area contributed by atoms with E-state index in [1.165, 1.54) is 0 Å². The second-order valence-electron chi connectivity index (χ2n) is 7.61. The predicted molar refractivity (Wildman–Crippen MR) is 83.4 cm³/mol. The summed E-state index contributed by atoms with van der Waals surface area (Å²) < 4.78 is 18.2. The van der Waals surface area contributed by atoms with Crippen molar-refractivity contribution in [1.82, 2.24) is 0 Å². The molecular formula is C18H26O4. The Hall–Kier alpha value is -0.940. The molecule has 0 aromatic heterocycles. The molecule has 1 N–H and O–H groups in total. The van der Waals surface area contributed by atoms with Gasteiger partial charge in [0.25, 0.3) is 0 Å². The van der Waals surface area contributed by atoms with Gasteiger partial charge in [-0.25, -0.2) is 0 Å². The molecule has 0 amide bonds. The number of rotatable bonds is 3. The van der Waals surface area contributed by atoms with E-state index in [2.05, 4.69) is 12.1 Å². The Balaban J connectivity index is 1.81. The Morgan fingerprint density at radius 3 is 2.41 bits per heavy atom. The van der Waals surface area contributed by atoms with E-state index in [1.54, 1.807) is 6.92 Å². The highest BCUT2D eigenvalue weighted by atomic mass is 16.8. The number of fused-ring (bicyclic) bond motifs is 1. The first-order chi connectivity index (χ1) is 10.1. The van der Waals surface area contributed by atoms with Crippen LogP contribution in [0.5, 0.6) is 0 Å². The number of benzene rings is 1. The zero-order valence-corrected chi connectivity index (χ0v) is 14.0. The van der Waals surface area contributed by atoms with Crippen LogP contribution >= 0.6 is 0 Å². The lowest BCUT2D eigenvalue weighted by molar-refractivity contribution is -0.198. The summed E-state index contributed by atoms with van der Waals surface area (Å²) in [5.41, 5.74) is -0.278. The molecule has 0 radical (unpaired) electrons. The lowest BCUT2D eigenvalue weighted by Crippen LogP contribution is -2.39. The highest BCUT2D eigenvalue weighted by molar-refractivity contribution is 5.21. The highest BCUT2D eigenvalue weighted by Crippen LogP contribution is 2.46. The van der Waals surface area contributed by atoms with E-state index in [4.69, 9.17) is 14.2 Å². The fraction of sp³-hybridized carbons (Fsp3) is 0.667. The van der Waals surface area contributed by atoms with Gasteiger partial charge in [0.2, 0.25) is 0 Å². The lowest BCUT2D eigenvalue weighted by Gasteiger charge is -2.32. The first kappa shape index (κ1) is 15.9. The van der Waals surface area contributed by atoms with Gasteiger partial charge in [0.05, 0.1) is 17.3 Å². The molecule has 2 aliphatic rings. The van der Waals surface area contributed by atoms with Crippen LogP contribution in [0.3, 0.4) is 0 Å². The van der Waals surface area contributed by atoms with Crippen LogP contribution in [0.15, 0.2) is 30.3 Å². The van der Waals surface area contributed by atoms with Crippen molar-refractivity contribution in [3.05, 3.63) is 35.9 Å². The first-order valence-corrected chi connectivity index (χ1v) is 7.92. The lowest BCUT2D eigenvalue weighted by atomic mass is 9.97. The van der Waals surface area contributed by atoms with Gasteiger partial charge < -0.3 is 19.3 Å². The summed E-state index contributed by atoms with van der Waals surface area (Å²) in [7, 11) is 0. The molecule has 122 valence electrons. The molecule has 1 aromatic rings. The monoisotopic (exact) mass is 306 g/mol. The molecule has 4 heteroatoms. The third-order valence-electron chi connectivity index (χ3n) is 4.64. The minimum absolute atomic E-state index is 0.197. The van der Waals surface area contributed by atoms with Gasteiger partial charge in [0.1, 0.15) is 12.2 Å². The molecule has 2 fully saturated rings. The Morgan fingerprint density at radius 1 is 1.14 bits per heavy atom. The van der Waals surface area contributed by atoms with E-state index in [9.17, 15) is 5.11 Å². The Morgan fingerprint density at radius 2 is 1.77 bits per heavy atom. The van der Waals surface area contributed by atoms with Gasteiger partial charge in [-0.05, 0) is 40.2 Å². The Labute approximate surface area is 132 Å². The number of aliphatic hydroxyl groups is 1. The van der Waals surface area contributed by atoms with E-state index >= 15 is 0 Å². The normalized spacial score (nSPS) is 37.3. The molecule has 22 heavy (non-hydrogen) atoms. The van der Waals surface area contributed by atoms with Crippen molar-refractivity contribution in [3.63, 3.8) is 0 Å². The third kappa shape index (κ3) is 2.81. The van der Waals surface area contributed by atoms with Crippen LogP contribution in [-0.2, 0) is 19.8 Å². The van der Waals surface area contributed by atoms with Gasteiger partial charge in [0, 0.05) is 6.42 Å². The van der Waals surface area contributed by atoms with Crippen molar-refractivity contribution < 1.29 is 19.3 Å². The smallest absolute Gasteiger partial charge is 0.164 e. The van der Waals surface area contributed by atoms with Crippen LogP contribution in [0.25, 0.3) is 0 Å². The molecule has 4 atom stereocenters. The molecule has 3 rings (SSSR count). The molecule has 1 aliphatic carbocycles. The summed E-state index contributed by atoms with van der Waals surface area (Å²) in [4.78, 5) is 0. The van der Waals surface area contributed by atoms with Crippen LogP contribution in [0.4, 0.5) is 0 Å². The van der Waals surface area contributed by atoms with Crippen LogP contribution in [0, 0.1) is 0 Å². The summed E-state index contributed by atoms with van der Waals surface area (Å²) in [6.45, 7) is 9.65. The first-order valence-electron chi connectivity index (χ1n) is 7.92. The van der Waals surface area contributed by atoms with E-state index in [1.807, 2.05) is 45.9 Å². The summed E-state index contributed by atoms with van der Waals surface area (Å²) in [6.07, 6.45) is -0.279. The molecular weight excluding hydrogens is 280 g/mol. The van der Waals surface area contributed by atoms with Gasteiger partial charge in [-0.2, -0.15) is 0 Å². The van der Waals surface area contributed by atoms with Crippen molar-refractivity contribution in [2.45, 2.75) is 76.3 Å². The summed E-state index contributed by atoms with van der Waals surface area (Å²) in [5, 5.41) is 10.6. The highest BCUT2D eigenvalue weighted by Gasteiger charge is 2.60. The van der Waals surface area contributed by atoms with Gasteiger partial charge in [-0.3, -0.25) is 0 Å². The minimum atomic E-state index is -0.935. The molecule has 0 spiro atoms. The Kier molecular flexibility index (Phi) is 3.64. The average molecular weight is 306 g/mol. The van der Waals surface area contributed by atoms with Crippen LogP contribution in [-0.4, -0.2) is 34.8 Å². The van der Waals surface area contributed by atoms with Crippen molar-refractivity contribution in [2.75, 3.05) is 0 Å². The number of hydrogen-bond acceptors (Lipinski definition) is 4. The maximum Gasteiger partial charge on any atom is 0.164 e. The maximum atomic E-state index is 10.6. The summed E-state index contributed by atoms with van der Waals surface area (Å²) in [5.74, 6) is -0.682. The topological polar surface area (TPSA) is 47.9 Å². The van der Waals surface area contributed by atoms with E-state index in [-0.39, 0.29) is 18.3 Å². The number of ether oxygens (including phenoxy) is 3. The molecule has 1 saturated carbocycles. The molecule has 1 aromatic carbocycles. The van der Waals surface area contributed by atoms with Crippen molar-refractivity contribution in [1.29, 1.82) is 0 Å². The van der Waals surface area contributed by atoms with Crippen LogP contribution in [0.1, 0.15) is 46.6 Å². The predicted octanol–water partition coefficient (Wildman–Crippen LogP) is 2.98. The van der Waals surface area contributed by atoms with Gasteiger partial charge in [0.15, 0.2) is 5.79 Å². The molecule has 4 nitrogen and oxygen atoms in total. The minimum Gasteiger partial charge on any atom is -0.387 e. The molecule has 0 unspecified atom stereocenters. The molecule has 1 heterocycles. The van der Waals surface area contributed by atoms with E-state index in [0.29, 0.717) is 6.42 Å². The largest absolute Gasteiger partial charge is 0.387 e. The second kappa shape index (κ2) is 5.03. The van der Waals surface area contributed by atoms with Crippen molar-refractivity contribution in [2.24, 2.45) is 0 Å². The van der Waals surface area contributed by atoms with Crippen molar-refractivity contribution >= 4 is 0 Å². The molecule has 1 aliphatic heterocycles. The molecule has 1 saturated heterocycles. The van der Waals surface area contributed by atoms with Gasteiger partial charge in [-0.15, -0.1) is 0 Å². The second-order valence-corrected chi connectivity index (χ2v) is 7.61. The summed E-state index contributed by atoms with van der Waals surface area (Å²) in [6, 6.07) is 10.1. The van der Waals surface area contributed by atoms with E-state index in [0.717, 1.165) is 5.56 Å². The van der Waals surface area contributed by atoms with Gasteiger partial charge >= 0.3 is 0 Å². The number of hydrogen-bond donors (Lipinski definition) is 1. The van der Waals surface area contributed by atoms with Crippen LogP contribution < -0.4 is 0 Å². The van der Waals surface area contributed by atoms with E-state index < -0.39 is 17.0 Å². The fourth-order valence-corrected chi connectivity index (χ4v) is 3.58. The Bertz CT molecular complexity index is 535. The SMILES string of the molecule is CC1(C)O[C@H]2[C@H](OC(C)(C)c3ccccc3)C[C@@](C)(O)[C@H]2O1. The van der Waals surface area contributed by atoms with Crippen molar-refractivity contribution in [3.8, 4) is 0 Å². The third-order valence-corrected chi connectivity index (χ3v) is 4.64. The maximum absolute atomic E-state index is 10.6. The fourth-order valence-electron chi connectivity index (χ4n) is 3.58. The average Bonchev–Trinajstić information content (AvgIpc) is 2.85. The standard InChI is InChI=1S/C18H26O4/c1-16(2,12-9-7-6-8-10-12)20-13-11-18(5,19)15-14(13)21-17(3,4)22-15/h6-10,13-15,19H,11H2,1-5H3/t13-,14+,15+,18-/m1/s1. The quantitative estimate of drug-likeness (QED) is 0.932. The zero-order valence-electron chi connectivity index (χ0n) is 14.0. The molecule has 0 bridgehead atoms. The zero-order chi connectivity index (χ0) is 16.2.